The Morgan fingerprint density at radius 2 is 2.10 bits per heavy atom. The van der Waals surface area contributed by atoms with Crippen LogP contribution in [-0.2, 0) is 16.0 Å². The van der Waals surface area contributed by atoms with Crippen molar-refractivity contribution in [3.05, 3.63) is 39.9 Å². The SMILES string of the molecule is CC1C(=O)NCCN1C(=O)Cc1ccc([N+](=O)[O-])cc1. The summed E-state index contributed by atoms with van der Waals surface area (Å²) in [5.41, 5.74) is 0.686. The van der Waals surface area contributed by atoms with Gasteiger partial charge in [0.25, 0.3) is 5.69 Å². The van der Waals surface area contributed by atoms with E-state index < -0.39 is 11.0 Å². The van der Waals surface area contributed by atoms with Crippen LogP contribution in [0.15, 0.2) is 24.3 Å². The summed E-state index contributed by atoms with van der Waals surface area (Å²) in [7, 11) is 0. The van der Waals surface area contributed by atoms with E-state index in [1.165, 1.54) is 17.0 Å². The average Bonchev–Trinajstić information content (AvgIpc) is 2.42. The van der Waals surface area contributed by atoms with Crippen LogP contribution in [0.5, 0.6) is 0 Å². The number of amides is 2. The molecule has 1 unspecified atom stereocenters. The van der Waals surface area contributed by atoms with Crippen molar-refractivity contribution in [1.29, 1.82) is 0 Å². The Kier molecular flexibility index (Phi) is 3.97. The number of carbonyl (C=O) groups is 2. The Hall–Kier alpha value is -2.44. The van der Waals surface area contributed by atoms with E-state index in [4.69, 9.17) is 0 Å². The molecular formula is C13H15N3O4. The molecule has 0 aliphatic carbocycles. The van der Waals surface area contributed by atoms with Gasteiger partial charge in [-0.25, -0.2) is 0 Å². The minimum Gasteiger partial charge on any atom is -0.353 e. The van der Waals surface area contributed by atoms with Crippen LogP contribution in [0, 0.1) is 10.1 Å². The number of nitro groups is 1. The summed E-state index contributed by atoms with van der Waals surface area (Å²) in [6.45, 7) is 2.62. The zero-order chi connectivity index (χ0) is 14.7. The molecule has 1 fully saturated rings. The molecule has 0 spiro atoms. The number of non-ortho nitro benzene ring substituents is 1. The highest BCUT2D eigenvalue weighted by atomic mass is 16.6. The molecule has 7 heteroatoms. The quantitative estimate of drug-likeness (QED) is 0.642. The topological polar surface area (TPSA) is 92.6 Å². The molecule has 1 N–H and O–H groups in total. The molecule has 0 radical (unpaired) electrons. The second-order valence-electron chi connectivity index (χ2n) is 4.65. The van der Waals surface area contributed by atoms with Gasteiger partial charge in [-0.1, -0.05) is 12.1 Å². The van der Waals surface area contributed by atoms with Crippen LogP contribution >= 0.6 is 0 Å². The predicted molar refractivity (Wildman–Crippen MR) is 71.0 cm³/mol. The van der Waals surface area contributed by atoms with Crippen molar-refractivity contribution in [2.24, 2.45) is 0 Å². The molecule has 0 bridgehead atoms. The molecular weight excluding hydrogens is 262 g/mol. The van der Waals surface area contributed by atoms with E-state index in [0.29, 0.717) is 18.7 Å². The van der Waals surface area contributed by atoms with Crippen molar-refractivity contribution in [3.63, 3.8) is 0 Å². The largest absolute Gasteiger partial charge is 0.353 e. The molecule has 7 nitrogen and oxygen atoms in total. The predicted octanol–water partition coefficient (Wildman–Crippen LogP) is 0.484. The maximum absolute atomic E-state index is 12.2. The van der Waals surface area contributed by atoms with Gasteiger partial charge < -0.3 is 10.2 Å². The van der Waals surface area contributed by atoms with Crippen molar-refractivity contribution in [3.8, 4) is 0 Å². The zero-order valence-corrected chi connectivity index (χ0v) is 11.0. The first-order valence-electron chi connectivity index (χ1n) is 6.29. The summed E-state index contributed by atoms with van der Waals surface area (Å²) in [4.78, 5) is 35.2. The number of nitro benzene ring substituents is 1. The minimum atomic E-state index is -0.483. The summed E-state index contributed by atoms with van der Waals surface area (Å²) < 4.78 is 0. The van der Waals surface area contributed by atoms with Crippen molar-refractivity contribution in [1.82, 2.24) is 10.2 Å². The molecule has 1 aliphatic heterocycles. The maximum Gasteiger partial charge on any atom is 0.269 e. The van der Waals surface area contributed by atoms with E-state index in [1.54, 1.807) is 19.1 Å². The molecule has 106 valence electrons. The first-order chi connectivity index (χ1) is 9.49. The van der Waals surface area contributed by atoms with Gasteiger partial charge in [0.1, 0.15) is 6.04 Å². The summed E-state index contributed by atoms with van der Waals surface area (Å²) >= 11 is 0. The van der Waals surface area contributed by atoms with Crippen LogP contribution in [0.4, 0.5) is 5.69 Å². The lowest BCUT2D eigenvalue weighted by molar-refractivity contribution is -0.384. The minimum absolute atomic E-state index is 0.00748. The van der Waals surface area contributed by atoms with Gasteiger partial charge in [-0.2, -0.15) is 0 Å². The number of hydrogen-bond donors (Lipinski definition) is 1. The van der Waals surface area contributed by atoms with Gasteiger partial charge >= 0.3 is 0 Å². The number of carbonyl (C=O) groups excluding carboxylic acids is 2. The highest BCUT2D eigenvalue weighted by Gasteiger charge is 2.28. The molecule has 2 amide bonds. The first kappa shape index (κ1) is 14.0. The second kappa shape index (κ2) is 5.68. The molecule has 1 atom stereocenters. The van der Waals surface area contributed by atoms with Crippen molar-refractivity contribution < 1.29 is 14.5 Å². The summed E-state index contributed by atoms with van der Waals surface area (Å²) in [5.74, 6) is -0.311. The van der Waals surface area contributed by atoms with Crippen LogP contribution in [0.1, 0.15) is 12.5 Å². The van der Waals surface area contributed by atoms with Gasteiger partial charge in [-0.15, -0.1) is 0 Å². The molecule has 1 aromatic carbocycles. The standard InChI is InChI=1S/C13H15N3O4/c1-9-13(18)14-6-7-15(9)12(17)8-10-2-4-11(5-3-10)16(19)20/h2-5,9H,6-8H2,1H3,(H,14,18). The van der Waals surface area contributed by atoms with Crippen LogP contribution in [0.25, 0.3) is 0 Å². The third-order valence-corrected chi connectivity index (χ3v) is 3.32. The summed E-state index contributed by atoms with van der Waals surface area (Å²) in [6, 6.07) is 5.38. The van der Waals surface area contributed by atoms with Crippen molar-refractivity contribution in [2.45, 2.75) is 19.4 Å². The van der Waals surface area contributed by atoms with E-state index >= 15 is 0 Å². The number of hydrogen-bond acceptors (Lipinski definition) is 4. The van der Waals surface area contributed by atoms with Gasteiger partial charge in [0, 0.05) is 25.2 Å². The van der Waals surface area contributed by atoms with E-state index in [0.717, 1.165) is 0 Å². The van der Waals surface area contributed by atoms with E-state index in [9.17, 15) is 19.7 Å². The number of piperazine rings is 1. The first-order valence-corrected chi connectivity index (χ1v) is 6.29. The third-order valence-electron chi connectivity index (χ3n) is 3.32. The highest BCUT2D eigenvalue weighted by molar-refractivity contribution is 5.89. The fraction of sp³-hybridized carbons (Fsp3) is 0.385. The third kappa shape index (κ3) is 2.93. The number of rotatable bonds is 3. The van der Waals surface area contributed by atoms with Crippen LogP contribution in [0.2, 0.25) is 0 Å². The van der Waals surface area contributed by atoms with E-state index in [1.807, 2.05) is 0 Å². The Morgan fingerprint density at radius 1 is 1.45 bits per heavy atom. The van der Waals surface area contributed by atoms with Gasteiger partial charge in [0.2, 0.25) is 11.8 Å². The molecule has 1 heterocycles. The second-order valence-corrected chi connectivity index (χ2v) is 4.65. The Morgan fingerprint density at radius 3 is 2.70 bits per heavy atom. The Balaban J connectivity index is 2.03. The normalized spacial score (nSPS) is 18.6. The lowest BCUT2D eigenvalue weighted by atomic mass is 10.1. The number of benzene rings is 1. The average molecular weight is 277 g/mol. The van der Waals surface area contributed by atoms with Crippen LogP contribution in [-0.4, -0.2) is 40.8 Å². The smallest absolute Gasteiger partial charge is 0.269 e. The molecule has 1 aliphatic rings. The molecule has 0 saturated carbocycles. The van der Waals surface area contributed by atoms with Crippen molar-refractivity contribution >= 4 is 17.5 Å². The monoisotopic (exact) mass is 277 g/mol. The van der Waals surface area contributed by atoms with E-state index in [2.05, 4.69) is 5.32 Å². The zero-order valence-electron chi connectivity index (χ0n) is 11.0. The van der Waals surface area contributed by atoms with Crippen LogP contribution in [0.3, 0.4) is 0 Å². The molecule has 1 aromatic rings. The highest BCUT2D eigenvalue weighted by Crippen LogP contribution is 2.14. The van der Waals surface area contributed by atoms with Gasteiger partial charge in [-0.3, -0.25) is 19.7 Å². The summed E-state index contributed by atoms with van der Waals surface area (Å²) in [6.07, 6.45) is 0.135. The van der Waals surface area contributed by atoms with Crippen molar-refractivity contribution in [2.75, 3.05) is 13.1 Å². The molecule has 0 aromatic heterocycles. The van der Waals surface area contributed by atoms with Gasteiger partial charge in [-0.05, 0) is 12.5 Å². The fourth-order valence-corrected chi connectivity index (χ4v) is 2.13. The van der Waals surface area contributed by atoms with Gasteiger partial charge in [0.05, 0.1) is 11.3 Å². The Bertz CT molecular complexity index is 541. The number of nitrogens with one attached hydrogen (secondary N) is 1. The number of nitrogens with zero attached hydrogens (tertiary/aromatic N) is 2. The van der Waals surface area contributed by atoms with E-state index in [-0.39, 0.29) is 23.9 Å². The summed E-state index contributed by atoms with van der Waals surface area (Å²) in [5, 5.41) is 13.2. The molecule has 1 saturated heterocycles. The maximum atomic E-state index is 12.2. The molecule has 20 heavy (non-hydrogen) atoms. The Labute approximate surface area is 115 Å². The van der Waals surface area contributed by atoms with Crippen LogP contribution < -0.4 is 5.32 Å². The molecule has 2 rings (SSSR count). The van der Waals surface area contributed by atoms with Gasteiger partial charge in [0.15, 0.2) is 0 Å². The fourth-order valence-electron chi connectivity index (χ4n) is 2.13. The lowest BCUT2D eigenvalue weighted by Crippen LogP contribution is -2.56. The lowest BCUT2D eigenvalue weighted by Gasteiger charge is -2.32.